The standard InChI is InChI=1S/C21H40N3O12P/c1-16(2)22-6-5-20(27)23-7-9-31-11-12-32-15-21(28)24-8-10-34-37(29,30)35-14-19(36-18(4)26)13-33-17(3)25/h16,19,22H,5-15H2,1-4H3,(H,23,27)(H,24,28)(H,29,30)/p-1/t19-/m1/s1. The number of carbonyl (C=O) groups is 4. The van der Waals surface area contributed by atoms with Gasteiger partial charge < -0.3 is 48.8 Å². The minimum atomic E-state index is -4.76. The third kappa shape index (κ3) is 24.0. The maximum absolute atomic E-state index is 11.8. The average Bonchev–Trinajstić information content (AvgIpc) is 2.79. The van der Waals surface area contributed by atoms with E-state index in [-0.39, 0.29) is 38.9 Å². The van der Waals surface area contributed by atoms with Crippen molar-refractivity contribution in [1.29, 1.82) is 0 Å². The Morgan fingerprint density at radius 2 is 1.46 bits per heavy atom. The molecule has 2 amide bonds. The third-order valence-electron chi connectivity index (χ3n) is 3.98. The minimum Gasteiger partial charge on any atom is -0.756 e. The molecule has 2 atom stereocenters. The summed E-state index contributed by atoms with van der Waals surface area (Å²) in [6.45, 7) is 6.08. The van der Waals surface area contributed by atoms with Gasteiger partial charge in [-0.15, -0.1) is 0 Å². The normalized spacial score (nSPS) is 13.5. The second-order valence-electron chi connectivity index (χ2n) is 7.83. The van der Waals surface area contributed by atoms with Gasteiger partial charge in [0, 0.05) is 45.9 Å². The van der Waals surface area contributed by atoms with Crippen molar-refractivity contribution in [3.63, 3.8) is 0 Å². The zero-order chi connectivity index (χ0) is 28.1. The zero-order valence-electron chi connectivity index (χ0n) is 21.8. The number of hydrogen-bond acceptors (Lipinski definition) is 13. The monoisotopic (exact) mass is 556 g/mol. The van der Waals surface area contributed by atoms with Crippen LogP contribution in [-0.4, -0.2) is 102 Å². The number of hydrogen-bond donors (Lipinski definition) is 3. The van der Waals surface area contributed by atoms with Crippen LogP contribution < -0.4 is 20.8 Å². The lowest BCUT2D eigenvalue weighted by atomic mass is 10.3. The van der Waals surface area contributed by atoms with E-state index in [1.54, 1.807) is 0 Å². The van der Waals surface area contributed by atoms with Gasteiger partial charge in [0.25, 0.3) is 7.82 Å². The number of phosphoric acid groups is 1. The van der Waals surface area contributed by atoms with Crippen molar-refractivity contribution in [2.45, 2.75) is 46.3 Å². The van der Waals surface area contributed by atoms with Crippen LogP contribution in [0, 0.1) is 0 Å². The summed E-state index contributed by atoms with van der Waals surface area (Å²) >= 11 is 0. The van der Waals surface area contributed by atoms with E-state index in [1.165, 1.54) is 0 Å². The molecule has 1 unspecified atom stereocenters. The van der Waals surface area contributed by atoms with E-state index >= 15 is 0 Å². The molecule has 0 aromatic rings. The SMILES string of the molecule is CC(=O)OC[C@H](COP(=O)([O-])OCCNC(=O)COCCOCCNC(=O)CCNC(C)C)OC(C)=O. The Morgan fingerprint density at radius 1 is 0.811 bits per heavy atom. The highest BCUT2D eigenvalue weighted by molar-refractivity contribution is 7.45. The first-order valence-electron chi connectivity index (χ1n) is 11.7. The first-order chi connectivity index (χ1) is 17.4. The maximum atomic E-state index is 11.8. The minimum absolute atomic E-state index is 0.0704. The molecule has 0 aromatic carbocycles. The molecule has 0 aromatic heterocycles. The van der Waals surface area contributed by atoms with Crippen molar-refractivity contribution < 1.29 is 56.6 Å². The molecule has 0 bridgehead atoms. The molecule has 16 heteroatoms. The molecular weight excluding hydrogens is 517 g/mol. The molecule has 15 nitrogen and oxygen atoms in total. The molecule has 37 heavy (non-hydrogen) atoms. The quantitative estimate of drug-likeness (QED) is 0.0803. The molecule has 0 heterocycles. The van der Waals surface area contributed by atoms with E-state index < -0.39 is 45.0 Å². The van der Waals surface area contributed by atoms with Crippen molar-refractivity contribution in [2.24, 2.45) is 0 Å². The summed E-state index contributed by atoms with van der Waals surface area (Å²) in [7, 11) is -4.76. The summed E-state index contributed by atoms with van der Waals surface area (Å²) in [6, 6.07) is 0.323. The van der Waals surface area contributed by atoms with Crippen LogP contribution in [0.5, 0.6) is 0 Å². The van der Waals surface area contributed by atoms with E-state index in [0.29, 0.717) is 32.2 Å². The van der Waals surface area contributed by atoms with Crippen LogP contribution in [0.4, 0.5) is 0 Å². The summed E-state index contributed by atoms with van der Waals surface area (Å²) in [5.74, 6) is -1.92. The van der Waals surface area contributed by atoms with Gasteiger partial charge in [0.15, 0.2) is 6.10 Å². The van der Waals surface area contributed by atoms with Gasteiger partial charge in [0.05, 0.1) is 33.0 Å². The second kappa shape index (κ2) is 20.9. The lowest BCUT2D eigenvalue weighted by Gasteiger charge is -2.25. The molecule has 0 radical (unpaired) electrons. The summed E-state index contributed by atoms with van der Waals surface area (Å²) in [5, 5.41) is 8.27. The van der Waals surface area contributed by atoms with Gasteiger partial charge in [-0.2, -0.15) is 0 Å². The van der Waals surface area contributed by atoms with Gasteiger partial charge in [-0.05, 0) is 0 Å². The smallest absolute Gasteiger partial charge is 0.303 e. The summed E-state index contributed by atoms with van der Waals surface area (Å²) in [5.41, 5.74) is 0. The van der Waals surface area contributed by atoms with E-state index in [4.69, 9.17) is 14.2 Å². The highest BCUT2D eigenvalue weighted by Crippen LogP contribution is 2.38. The van der Waals surface area contributed by atoms with E-state index in [1.807, 2.05) is 13.8 Å². The molecule has 0 saturated heterocycles. The lowest BCUT2D eigenvalue weighted by molar-refractivity contribution is -0.228. The van der Waals surface area contributed by atoms with Crippen molar-refractivity contribution in [1.82, 2.24) is 16.0 Å². The summed E-state index contributed by atoms with van der Waals surface area (Å²) in [4.78, 5) is 57.0. The number of carbonyl (C=O) groups excluding carboxylic acids is 4. The van der Waals surface area contributed by atoms with E-state index in [9.17, 15) is 28.6 Å². The van der Waals surface area contributed by atoms with Crippen LogP contribution in [-0.2, 0) is 51.7 Å². The van der Waals surface area contributed by atoms with Crippen molar-refractivity contribution in [3.05, 3.63) is 0 Å². The Labute approximate surface area is 216 Å². The van der Waals surface area contributed by atoms with Crippen LogP contribution in [0.3, 0.4) is 0 Å². The Kier molecular flexibility index (Phi) is 19.7. The molecule has 0 spiro atoms. The fraction of sp³-hybridized carbons (Fsp3) is 0.810. The molecule has 0 saturated carbocycles. The first-order valence-corrected chi connectivity index (χ1v) is 13.2. The van der Waals surface area contributed by atoms with Gasteiger partial charge in [-0.1, -0.05) is 13.8 Å². The second-order valence-corrected chi connectivity index (χ2v) is 9.24. The average molecular weight is 557 g/mol. The number of nitrogens with one attached hydrogen (secondary N) is 3. The largest absolute Gasteiger partial charge is 0.756 e. The number of esters is 2. The van der Waals surface area contributed by atoms with E-state index in [0.717, 1.165) is 13.8 Å². The Bertz CT molecular complexity index is 738. The molecule has 0 rings (SSSR count). The summed E-state index contributed by atoms with van der Waals surface area (Å²) in [6.07, 6.45) is -0.751. The van der Waals surface area contributed by atoms with Crippen LogP contribution in [0.1, 0.15) is 34.1 Å². The van der Waals surface area contributed by atoms with Gasteiger partial charge >= 0.3 is 11.9 Å². The van der Waals surface area contributed by atoms with Gasteiger partial charge in [-0.25, -0.2) is 0 Å². The van der Waals surface area contributed by atoms with Crippen molar-refractivity contribution >= 4 is 31.6 Å². The molecule has 0 aliphatic carbocycles. The molecular formula is C21H39N3O12P-. The Morgan fingerprint density at radius 3 is 2.11 bits per heavy atom. The molecule has 0 aliphatic rings. The molecule has 0 fully saturated rings. The number of rotatable bonds is 22. The van der Waals surface area contributed by atoms with Crippen LogP contribution in [0.25, 0.3) is 0 Å². The van der Waals surface area contributed by atoms with Crippen LogP contribution in [0.15, 0.2) is 0 Å². The molecule has 216 valence electrons. The Hall–Kier alpha value is -2.13. The van der Waals surface area contributed by atoms with Crippen LogP contribution >= 0.6 is 7.82 Å². The highest BCUT2D eigenvalue weighted by Gasteiger charge is 2.19. The van der Waals surface area contributed by atoms with Crippen molar-refractivity contribution in [3.8, 4) is 0 Å². The molecule has 3 N–H and O–H groups in total. The first kappa shape index (κ1) is 34.9. The fourth-order valence-corrected chi connectivity index (χ4v) is 3.12. The van der Waals surface area contributed by atoms with Crippen LogP contribution in [0.2, 0.25) is 0 Å². The predicted molar refractivity (Wildman–Crippen MR) is 127 cm³/mol. The lowest BCUT2D eigenvalue weighted by Crippen LogP contribution is -2.32. The zero-order valence-corrected chi connectivity index (χ0v) is 22.7. The van der Waals surface area contributed by atoms with Crippen molar-refractivity contribution in [2.75, 3.05) is 65.9 Å². The Balaban J connectivity index is 3.81. The highest BCUT2D eigenvalue weighted by atomic mass is 31.2. The topological polar surface area (TPSA) is 200 Å². The van der Waals surface area contributed by atoms with Gasteiger partial charge in [0.1, 0.15) is 13.2 Å². The van der Waals surface area contributed by atoms with E-state index in [2.05, 4.69) is 29.7 Å². The maximum Gasteiger partial charge on any atom is 0.303 e. The third-order valence-corrected chi connectivity index (χ3v) is 4.94. The summed E-state index contributed by atoms with van der Waals surface area (Å²) < 4.78 is 40.9. The molecule has 0 aliphatic heterocycles. The van der Waals surface area contributed by atoms with Gasteiger partial charge in [0.2, 0.25) is 11.8 Å². The van der Waals surface area contributed by atoms with Gasteiger partial charge in [-0.3, -0.25) is 23.7 Å². The fourth-order valence-electron chi connectivity index (χ4n) is 2.38. The number of phosphoric ester groups is 1. The number of ether oxygens (including phenoxy) is 4. The predicted octanol–water partition coefficient (Wildman–Crippen LogP) is -1.36. The number of amides is 2.